The highest BCUT2D eigenvalue weighted by atomic mass is 35.5. The van der Waals surface area contributed by atoms with Crippen molar-refractivity contribution < 1.29 is 0 Å². The Bertz CT molecular complexity index is 2300. The van der Waals surface area contributed by atoms with Gasteiger partial charge in [0.1, 0.15) is 22.6 Å². The van der Waals surface area contributed by atoms with Crippen LogP contribution in [0.3, 0.4) is 0 Å². The van der Waals surface area contributed by atoms with E-state index in [0.29, 0.717) is 11.7 Å². The summed E-state index contributed by atoms with van der Waals surface area (Å²) in [6.45, 7) is 20.1. The van der Waals surface area contributed by atoms with Gasteiger partial charge >= 0.3 is 6.40 Å². The summed E-state index contributed by atoms with van der Waals surface area (Å²) in [7, 11) is 0. The van der Waals surface area contributed by atoms with E-state index < -0.39 is 6.40 Å². The fourth-order valence-corrected chi connectivity index (χ4v) is 6.93. The molecule has 5 aromatic rings. The van der Waals surface area contributed by atoms with Gasteiger partial charge in [-0.2, -0.15) is 0 Å². The summed E-state index contributed by atoms with van der Waals surface area (Å²) in [5.41, 5.74) is 7.16. The predicted molar refractivity (Wildman–Crippen MR) is 184 cm³/mol. The van der Waals surface area contributed by atoms with Crippen molar-refractivity contribution >= 4 is 62.7 Å². The summed E-state index contributed by atoms with van der Waals surface area (Å²) in [6.07, 6.45) is -0.613. The molecule has 5 heterocycles. The van der Waals surface area contributed by atoms with E-state index in [4.69, 9.17) is 31.4 Å². The molecule has 0 N–H and O–H groups in total. The van der Waals surface area contributed by atoms with E-state index in [1.807, 2.05) is 0 Å². The number of fused-ring (bicyclic) bond motifs is 10. The van der Waals surface area contributed by atoms with Crippen LogP contribution in [0.4, 0.5) is 11.6 Å². The molecule has 0 aliphatic carbocycles. The summed E-state index contributed by atoms with van der Waals surface area (Å²) in [4.78, 5) is 21.1. The second-order valence-electron chi connectivity index (χ2n) is 15.5. The van der Waals surface area contributed by atoms with E-state index in [1.54, 1.807) is 0 Å². The lowest BCUT2D eigenvalue weighted by atomic mass is 9.85. The summed E-state index contributed by atoms with van der Waals surface area (Å²) in [5, 5.41) is 4.10. The molecular weight excluding hydrogens is 563 g/mol. The Balaban J connectivity index is 1.57. The average molecular weight is 599 g/mol. The lowest BCUT2D eigenvalue weighted by Crippen LogP contribution is -2.44. The van der Waals surface area contributed by atoms with Gasteiger partial charge in [0.05, 0.1) is 0 Å². The topological polar surface area (TPSA) is 59.3 Å². The molecule has 3 aromatic carbocycles. The molecule has 2 aromatic heterocycles. The maximum atomic E-state index is 7.54. The zero-order valence-electron chi connectivity index (χ0n) is 26.8. The van der Waals surface area contributed by atoms with Crippen LogP contribution >= 0.6 is 11.5 Å². The molecular formula is C36H36BClN6. The van der Waals surface area contributed by atoms with E-state index in [1.165, 1.54) is 16.7 Å². The standard InChI is InChI=1S/C36H36BClN6/c1-34(2,3)19-10-13-22-25(16-19)29-39-28(22)40-32-26-17-20(35(4,5)6)12-15-24(26)31-42-33-27-18-21(36(7,8)9)11-14-23(27)30(41-29)43(33)37(38)44(31)32/h10-18H,1-9H3. The molecule has 220 valence electrons. The Morgan fingerprint density at radius 3 is 1.68 bits per heavy atom. The van der Waals surface area contributed by atoms with Crippen LogP contribution in [0.25, 0.3) is 21.5 Å². The molecule has 0 unspecified atom stereocenters. The first kappa shape index (κ1) is 27.6. The van der Waals surface area contributed by atoms with E-state index in [-0.39, 0.29) is 16.2 Å². The molecule has 0 saturated carbocycles. The number of hydrogen-bond acceptors (Lipinski definition) is 4. The van der Waals surface area contributed by atoms with Crippen molar-refractivity contribution in [3.8, 4) is 0 Å². The fraction of sp³-hybridized carbons (Fsp3) is 0.333. The maximum absolute atomic E-state index is 7.54. The quantitative estimate of drug-likeness (QED) is 0.163. The summed E-state index contributed by atoms with van der Waals surface area (Å²) in [5.74, 6) is 2.88. The first-order chi connectivity index (χ1) is 20.6. The first-order valence-corrected chi connectivity index (χ1v) is 15.8. The third kappa shape index (κ3) is 3.81. The number of hydrogen-bond donors (Lipinski definition) is 0. The molecule has 0 fully saturated rings. The number of aliphatic imine (C=N–C) groups is 2. The van der Waals surface area contributed by atoms with E-state index in [0.717, 1.165) is 55.3 Å². The van der Waals surface area contributed by atoms with Gasteiger partial charge in [-0.15, -0.1) is 11.5 Å². The third-order valence-corrected chi connectivity index (χ3v) is 9.68. The largest absolute Gasteiger partial charge is 0.499 e. The number of benzene rings is 3. The molecule has 0 atom stereocenters. The van der Waals surface area contributed by atoms with Gasteiger partial charge in [-0.25, -0.2) is 20.0 Å². The van der Waals surface area contributed by atoms with Crippen LogP contribution < -0.4 is 11.0 Å². The lowest BCUT2D eigenvalue weighted by molar-refractivity contribution is 0.590. The SMILES string of the molecule is CC(C)(C)c1ccc2c(c1)C1=Nc3c4ccc(C(C)(C)C)cc4c4n3B(Cl)n3c(c5cc(C(C)(C)C)ccc5c3=N4)=NC2=N1. The number of nitrogens with zero attached hydrogens (tertiary/aromatic N) is 6. The van der Waals surface area contributed by atoms with Crippen LogP contribution in [-0.2, 0) is 16.2 Å². The van der Waals surface area contributed by atoms with Crippen LogP contribution in [0.15, 0.2) is 74.6 Å². The highest BCUT2D eigenvalue weighted by molar-refractivity contribution is 7.05. The molecule has 6 nitrogen and oxygen atoms in total. The first-order valence-electron chi connectivity index (χ1n) is 15.4. The van der Waals surface area contributed by atoms with Crippen molar-refractivity contribution in [2.24, 2.45) is 20.0 Å². The van der Waals surface area contributed by atoms with Gasteiger partial charge in [0.2, 0.25) is 0 Å². The Hall–Kier alpha value is -3.97. The monoisotopic (exact) mass is 598 g/mol. The van der Waals surface area contributed by atoms with Crippen molar-refractivity contribution in [2.75, 3.05) is 0 Å². The molecule has 3 aliphatic rings. The minimum Gasteiger partial charge on any atom is -0.319 e. The fourth-order valence-electron chi connectivity index (χ4n) is 6.56. The third-order valence-electron chi connectivity index (χ3n) is 9.29. The van der Waals surface area contributed by atoms with Gasteiger partial charge in [-0.05, 0) is 51.1 Å². The van der Waals surface area contributed by atoms with Gasteiger partial charge in [-0.3, -0.25) is 0 Å². The number of aromatic nitrogens is 2. The molecule has 44 heavy (non-hydrogen) atoms. The molecule has 0 saturated heterocycles. The van der Waals surface area contributed by atoms with Crippen molar-refractivity contribution in [3.63, 3.8) is 0 Å². The molecule has 0 amide bonds. The van der Waals surface area contributed by atoms with Crippen LogP contribution in [0.1, 0.15) is 90.1 Å². The second-order valence-corrected chi connectivity index (χ2v) is 15.9. The smallest absolute Gasteiger partial charge is 0.319 e. The van der Waals surface area contributed by atoms with Crippen molar-refractivity contribution in [2.45, 2.75) is 78.6 Å². The van der Waals surface area contributed by atoms with Crippen LogP contribution in [0, 0.1) is 0 Å². The molecule has 8 rings (SSSR count). The molecule has 0 spiro atoms. The highest BCUT2D eigenvalue weighted by Gasteiger charge is 2.36. The predicted octanol–water partition coefficient (Wildman–Crippen LogP) is 7.85. The molecule has 8 heteroatoms. The van der Waals surface area contributed by atoms with E-state index in [2.05, 4.69) is 126 Å². The zero-order chi connectivity index (χ0) is 31.1. The van der Waals surface area contributed by atoms with Crippen LogP contribution in [-0.4, -0.2) is 27.0 Å². The lowest BCUT2D eigenvalue weighted by Gasteiger charge is -2.20. The van der Waals surface area contributed by atoms with E-state index in [9.17, 15) is 0 Å². The Morgan fingerprint density at radius 2 is 1.02 bits per heavy atom. The van der Waals surface area contributed by atoms with Crippen molar-refractivity contribution in [1.82, 2.24) is 8.96 Å². The minimum absolute atomic E-state index is 0.0242. The Kier molecular flexibility index (Phi) is 5.39. The van der Waals surface area contributed by atoms with E-state index >= 15 is 0 Å². The molecule has 4 bridgehead atoms. The van der Waals surface area contributed by atoms with Gasteiger partial charge in [0, 0.05) is 32.7 Å². The minimum atomic E-state index is -0.613. The average Bonchev–Trinajstić information content (AvgIpc) is 3.56. The van der Waals surface area contributed by atoms with Gasteiger partial charge in [0.25, 0.3) is 0 Å². The second kappa shape index (κ2) is 8.60. The maximum Gasteiger partial charge on any atom is 0.499 e. The van der Waals surface area contributed by atoms with Gasteiger partial charge in [-0.1, -0.05) is 98.7 Å². The summed E-state index contributed by atoms with van der Waals surface area (Å²) in [6, 6.07) is 19.8. The Labute approximate surface area is 263 Å². The van der Waals surface area contributed by atoms with Crippen molar-refractivity contribution in [1.29, 1.82) is 0 Å². The summed E-state index contributed by atoms with van der Waals surface area (Å²) >= 11 is 7.54. The Morgan fingerprint density at radius 1 is 0.500 bits per heavy atom. The molecule has 3 aliphatic heterocycles. The van der Waals surface area contributed by atoms with Crippen LogP contribution in [0.5, 0.6) is 0 Å². The highest BCUT2D eigenvalue weighted by Crippen LogP contribution is 2.43. The number of halogens is 1. The van der Waals surface area contributed by atoms with Gasteiger partial charge in [0.15, 0.2) is 11.7 Å². The van der Waals surface area contributed by atoms with Crippen LogP contribution in [0.2, 0.25) is 0 Å². The number of rotatable bonds is 0. The van der Waals surface area contributed by atoms with Gasteiger partial charge < -0.3 is 8.96 Å². The summed E-state index contributed by atoms with van der Waals surface area (Å²) < 4.78 is 4.12. The normalized spacial score (nSPS) is 15.6. The van der Waals surface area contributed by atoms with Crippen molar-refractivity contribution in [3.05, 3.63) is 93.4 Å². The number of amidine groups is 2. The zero-order valence-corrected chi connectivity index (χ0v) is 27.6. The molecule has 0 radical (unpaired) electrons.